The number of rotatable bonds is 7. The van der Waals surface area contributed by atoms with E-state index >= 15 is 0 Å². The van der Waals surface area contributed by atoms with E-state index in [2.05, 4.69) is 30.6 Å². The quantitative estimate of drug-likeness (QED) is 0.540. The SMILES string of the molecule is N[C@H](C(=O)NCC1CCC(c2ccnc(Nc3ncccn3)n2)CC1)c1ccccc1. The Balaban J connectivity index is 1.26. The average molecular weight is 418 g/mol. The molecule has 0 saturated heterocycles. The number of benzene rings is 1. The molecule has 8 heteroatoms. The van der Waals surface area contributed by atoms with Crippen molar-refractivity contribution in [3.63, 3.8) is 0 Å². The standard InChI is InChI=1S/C23H27N7O/c24-20(18-5-2-1-3-6-18)21(31)28-15-16-7-9-17(10-8-16)19-11-14-27-23(29-19)30-22-25-12-4-13-26-22/h1-6,11-14,16-17,20H,7-10,15,24H2,(H,28,31)(H,25,26,27,29,30)/t16?,17?,20-/m0/s1. The Kier molecular flexibility index (Phi) is 6.78. The minimum Gasteiger partial charge on any atom is -0.354 e. The molecule has 0 spiro atoms. The number of amides is 1. The van der Waals surface area contributed by atoms with Crippen LogP contribution in [0.2, 0.25) is 0 Å². The number of nitrogens with zero attached hydrogens (tertiary/aromatic N) is 4. The highest BCUT2D eigenvalue weighted by molar-refractivity contribution is 5.82. The van der Waals surface area contributed by atoms with Crippen molar-refractivity contribution in [1.82, 2.24) is 25.3 Å². The van der Waals surface area contributed by atoms with Crippen molar-refractivity contribution in [1.29, 1.82) is 0 Å². The molecule has 3 aromatic rings. The predicted octanol–water partition coefficient (Wildman–Crippen LogP) is 3.10. The third-order valence-corrected chi connectivity index (χ3v) is 5.74. The van der Waals surface area contributed by atoms with Gasteiger partial charge in [0, 0.05) is 36.7 Å². The zero-order chi connectivity index (χ0) is 21.5. The van der Waals surface area contributed by atoms with Crippen molar-refractivity contribution in [3.8, 4) is 0 Å². The number of carbonyl (C=O) groups is 1. The van der Waals surface area contributed by atoms with Crippen LogP contribution in [0.5, 0.6) is 0 Å². The summed E-state index contributed by atoms with van der Waals surface area (Å²) in [7, 11) is 0. The Hall–Kier alpha value is -3.39. The fourth-order valence-electron chi connectivity index (χ4n) is 3.95. The molecule has 4 N–H and O–H groups in total. The van der Waals surface area contributed by atoms with Crippen molar-refractivity contribution in [2.24, 2.45) is 11.7 Å². The molecule has 1 saturated carbocycles. The summed E-state index contributed by atoms with van der Waals surface area (Å²) < 4.78 is 0. The van der Waals surface area contributed by atoms with E-state index in [1.165, 1.54) is 0 Å². The van der Waals surface area contributed by atoms with Gasteiger partial charge in [0.05, 0.1) is 0 Å². The summed E-state index contributed by atoms with van der Waals surface area (Å²) in [5.74, 6) is 1.71. The van der Waals surface area contributed by atoms with E-state index in [0.717, 1.165) is 36.9 Å². The lowest BCUT2D eigenvalue weighted by molar-refractivity contribution is -0.122. The number of anilines is 2. The molecule has 160 valence electrons. The van der Waals surface area contributed by atoms with Gasteiger partial charge in [0.15, 0.2) is 0 Å². The molecule has 31 heavy (non-hydrogen) atoms. The lowest BCUT2D eigenvalue weighted by atomic mass is 9.80. The molecule has 2 aromatic heterocycles. The van der Waals surface area contributed by atoms with Gasteiger partial charge in [0.2, 0.25) is 17.8 Å². The molecular weight excluding hydrogens is 390 g/mol. The molecule has 1 aromatic carbocycles. The zero-order valence-corrected chi connectivity index (χ0v) is 17.3. The first kappa shape index (κ1) is 20.9. The van der Waals surface area contributed by atoms with Crippen LogP contribution >= 0.6 is 0 Å². The molecule has 1 amide bonds. The number of hydrogen-bond acceptors (Lipinski definition) is 7. The number of carbonyl (C=O) groups excluding carboxylic acids is 1. The zero-order valence-electron chi connectivity index (χ0n) is 17.3. The third-order valence-electron chi connectivity index (χ3n) is 5.74. The van der Waals surface area contributed by atoms with Crippen LogP contribution in [0.3, 0.4) is 0 Å². The Morgan fingerprint density at radius 3 is 2.39 bits per heavy atom. The Bertz CT molecular complexity index is 975. The molecule has 1 atom stereocenters. The van der Waals surface area contributed by atoms with E-state index in [0.29, 0.717) is 30.3 Å². The van der Waals surface area contributed by atoms with Gasteiger partial charge in [-0.25, -0.2) is 19.9 Å². The number of hydrogen-bond donors (Lipinski definition) is 3. The molecular formula is C23H27N7O. The summed E-state index contributed by atoms with van der Waals surface area (Å²) in [5.41, 5.74) is 7.94. The van der Waals surface area contributed by atoms with Crippen molar-refractivity contribution in [3.05, 3.63) is 72.3 Å². The molecule has 2 heterocycles. The smallest absolute Gasteiger partial charge is 0.241 e. The van der Waals surface area contributed by atoms with Crippen molar-refractivity contribution >= 4 is 17.8 Å². The summed E-state index contributed by atoms with van der Waals surface area (Å²) in [5, 5.41) is 6.07. The molecule has 1 aliphatic carbocycles. The van der Waals surface area contributed by atoms with Crippen molar-refractivity contribution in [2.75, 3.05) is 11.9 Å². The first-order valence-electron chi connectivity index (χ1n) is 10.6. The van der Waals surface area contributed by atoms with Crippen LogP contribution < -0.4 is 16.4 Å². The summed E-state index contributed by atoms with van der Waals surface area (Å²) in [6.07, 6.45) is 9.26. The highest BCUT2D eigenvalue weighted by atomic mass is 16.2. The summed E-state index contributed by atoms with van der Waals surface area (Å²) >= 11 is 0. The lowest BCUT2D eigenvalue weighted by Gasteiger charge is -2.28. The summed E-state index contributed by atoms with van der Waals surface area (Å²) in [6, 6.07) is 12.6. The molecule has 1 aliphatic rings. The van der Waals surface area contributed by atoms with Crippen LogP contribution in [0.25, 0.3) is 0 Å². The van der Waals surface area contributed by atoms with Gasteiger partial charge in [0.1, 0.15) is 6.04 Å². The molecule has 1 fully saturated rings. The minimum atomic E-state index is -0.627. The van der Waals surface area contributed by atoms with Crippen molar-refractivity contribution < 1.29 is 4.79 Å². The molecule has 0 unspecified atom stereocenters. The maximum atomic E-state index is 12.4. The number of nitrogens with two attached hydrogens (primary N) is 1. The van der Waals surface area contributed by atoms with Crippen LogP contribution in [0.15, 0.2) is 61.1 Å². The molecule has 0 bridgehead atoms. The molecule has 0 aliphatic heterocycles. The second-order valence-corrected chi connectivity index (χ2v) is 7.85. The van der Waals surface area contributed by atoms with Gasteiger partial charge in [-0.15, -0.1) is 0 Å². The summed E-state index contributed by atoms with van der Waals surface area (Å²) in [6.45, 7) is 0.661. The third kappa shape index (κ3) is 5.61. The van der Waals surface area contributed by atoms with E-state index in [4.69, 9.17) is 5.73 Å². The minimum absolute atomic E-state index is 0.122. The van der Waals surface area contributed by atoms with Gasteiger partial charge >= 0.3 is 0 Å². The first-order valence-corrected chi connectivity index (χ1v) is 10.6. The lowest BCUT2D eigenvalue weighted by Crippen LogP contribution is -2.37. The second kappa shape index (κ2) is 10.1. The van der Waals surface area contributed by atoms with Gasteiger partial charge in [-0.05, 0) is 49.3 Å². The van der Waals surface area contributed by atoms with Gasteiger partial charge in [-0.3, -0.25) is 10.1 Å². The van der Waals surface area contributed by atoms with Gasteiger partial charge in [-0.2, -0.15) is 0 Å². The first-order chi connectivity index (χ1) is 15.2. The van der Waals surface area contributed by atoms with E-state index in [9.17, 15) is 4.79 Å². The normalized spacial score (nSPS) is 19.4. The van der Waals surface area contributed by atoms with Gasteiger partial charge in [-0.1, -0.05) is 30.3 Å². The highest BCUT2D eigenvalue weighted by Crippen LogP contribution is 2.35. The molecule has 8 nitrogen and oxygen atoms in total. The van der Waals surface area contributed by atoms with Crippen LogP contribution in [-0.4, -0.2) is 32.4 Å². The second-order valence-electron chi connectivity index (χ2n) is 7.85. The number of aromatic nitrogens is 4. The Morgan fingerprint density at radius 1 is 0.935 bits per heavy atom. The predicted molar refractivity (Wildman–Crippen MR) is 118 cm³/mol. The van der Waals surface area contributed by atoms with Crippen molar-refractivity contribution in [2.45, 2.75) is 37.6 Å². The molecule has 4 rings (SSSR count). The Morgan fingerprint density at radius 2 is 1.65 bits per heavy atom. The van der Waals surface area contributed by atoms with Gasteiger partial charge < -0.3 is 11.1 Å². The van der Waals surface area contributed by atoms with E-state index in [1.807, 2.05) is 36.4 Å². The summed E-state index contributed by atoms with van der Waals surface area (Å²) in [4.78, 5) is 29.6. The fraction of sp³-hybridized carbons (Fsp3) is 0.348. The highest BCUT2D eigenvalue weighted by Gasteiger charge is 2.25. The number of nitrogens with one attached hydrogen (secondary N) is 2. The van der Waals surface area contributed by atoms with Crippen LogP contribution in [0.4, 0.5) is 11.9 Å². The van der Waals surface area contributed by atoms with Crippen LogP contribution in [0.1, 0.15) is 48.9 Å². The maximum absolute atomic E-state index is 12.4. The maximum Gasteiger partial charge on any atom is 0.241 e. The Labute approximate surface area is 181 Å². The van der Waals surface area contributed by atoms with Crippen LogP contribution in [-0.2, 0) is 4.79 Å². The fourth-order valence-corrected chi connectivity index (χ4v) is 3.95. The monoisotopic (exact) mass is 417 g/mol. The topological polar surface area (TPSA) is 119 Å². The van der Waals surface area contributed by atoms with Crippen LogP contribution in [0, 0.1) is 5.92 Å². The average Bonchev–Trinajstić information content (AvgIpc) is 2.84. The van der Waals surface area contributed by atoms with E-state index < -0.39 is 6.04 Å². The van der Waals surface area contributed by atoms with E-state index in [-0.39, 0.29) is 5.91 Å². The largest absolute Gasteiger partial charge is 0.354 e. The van der Waals surface area contributed by atoms with Gasteiger partial charge in [0.25, 0.3) is 0 Å². The van der Waals surface area contributed by atoms with E-state index in [1.54, 1.807) is 24.7 Å². The molecule has 0 radical (unpaired) electrons.